The molecule has 1 saturated carbocycles. The van der Waals surface area contributed by atoms with Crippen molar-refractivity contribution in [3.8, 4) is 11.5 Å². The van der Waals surface area contributed by atoms with Crippen molar-refractivity contribution >= 4 is 28.2 Å². The molecule has 150 valence electrons. The second-order valence-corrected chi connectivity index (χ2v) is 7.88. The zero-order valence-electron chi connectivity index (χ0n) is 16.3. The summed E-state index contributed by atoms with van der Waals surface area (Å²) in [4.78, 5) is 22.5. The Hall–Kier alpha value is -2.71. The zero-order chi connectivity index (χ0) is 20.3. The number of methoxy groups -OCH3 is 1. The van der Waals surface area contributed by atoms with Crippen LogP contribution in [0.15, 0.2) is 33.8 Å². The fraction of sp³-hybridized carbons (Fsp3) is 0.400. The smallest absolute Gasteiger partial charge is 0.278 e. The predicted octanol–water partition coefficient (Wildman–Crippen LogP) is 3.96. The van der Waals surface area contributed by atoms with Crippen LogP contribution >= 0.6 is 11.6 Å². The summed E-state index contributed by atoms with van der Waals surface area (Å²) in [6.07, 6.45) is 4.05. The third-order valence-electron chi connectivity index (χ3n) is 5.81. The van der Waals surface area contributed by atoms with Crippen molar-refractivity contribution in [2.45, 2.75) is 44.8 Å². The van der Waals surface area contributed by atoms with Crippen LogP contribution < -0.4 is 5.56 Å². The molecule has 0 aliphatic heterocycles. The largest absolute Gasteiger partial charge is 0.368 e. The fourth-order valence-electron chi connectivity index (χ4n) is 3.78. The zero-order valence-corrected chi connectivity index (χ0v) is 17.1. The monoisotopic (exact) mass is 413 g/mol. The number of ether oxygens (including phenoxy) is 1. The van der Waals surface area contributed by atoms with Gasteiger partial charge in [-0.2, -0.15) is 4.98 Å². The number of imidazole rings is 1. The van der Waals surface area contributed by atoms with E-state index in [2.05, 4.69) is 15.1 Å². The molecule has 3 heterocycles. The Balaban J connectivity index is 1.81. The van der Waals surface area contributed by atoms with Gasteiger partial charge < -0.3 is 13.8 Å². The molecule has 0 spiro atoms. The summed E-state index contributed by atoms with van der Waals surface area (Å²) in [5.74, 6) is 0.697. The number of fused-ring (bicyclic) bond motifs is 3. The first-order valence-electron chi connectivity index (χ1n) is 9.60. The van der Waals surface area contributed by atoms with E-state index >= 15 is 0 Å². The average Bonchev–Trinajstić information content (AvgIpc) is 3.15. The Morgan fingerprint density at radius 3 is 2.83 bits per heavy atom. The van der Waals surface area contributed by atoms with E-state index < -0.39 is 5.60 Å². The number of para-hydroxylation sites is 1. The van der Waals surface area contributed by atoms with Gasteiger partial charge in [-0.3, -0.25) is 9.20 Å². The maximum absolute atomic E-state index is 13.6. The molecule has 1 aromatic carbocycles. The van der Waals surface area contributed by atoms with Crippen LogP contribution in [0.2, 0.25) is 5.02 Å². The molecule has 9 heteroatoms. The van der Waals surface area contributed by atoms with E-state index in [4.69, 9.17) is 20.9 Å². The van der Waals surface area contributed by atoms with Crippen molar-refractivity contribution in [1.82, 2.24) is 24.1 Å². The molecular weight excluding hydrogens is 394 g/mol. The Bertz CT molecular complexity index is 1300. The molecule has 0 radical (unpaired) electrons. The molecule has 29 heavy (non-hydrogen) atoms. The first-order valence-corrected chi connectivity index (χ1v) is 9.98. The van der Waals surface area contributed by atoms with Gasteiger partial charge in [-0.25, -0.2) is 4.98 Å². The van der Waals surface area contributed by atoms with Crippen molar-refractivity contribution in [2.24, 2.45) is 0 Å². The molecule has 1 aliphatic carbocycles. The second-order valence-electron chi connectivity index (χ2n) is 7.47. The number of benzene rings is 1. The summed E-state index contributed by atoms with van der Waals surface area (Å²) in [6, 6.07) is 5.53. The highest BCUT2D eigenvalue weighted by Crippen LogP contribution is 2.48. The summed E-state index contributed by atoms with van der Waals surface area (Å²) >= 11 is 6.49. The first kappa shape index (κ1) is 18.3. The maximum atomic E-state index is 13.6. The third-order valence-corrected chi connectivity index (χ3v) is 6.11. The van der Waals surface area contributed by atoms with Gasteiger partial charge in [0.25, 0.3) is 11.4 Å². The van der Waals surface area contributed by atoms with E-state index in [0.717, 1.165) is 24.8 Å². The Morgan fingerprint density at radius 1 is 1.34 bits per heavy atom. The van der Waals surface area contributed by atoms with E-state index in [1.165, 1.54) is 0 Å². The average molecular weight is 414 g/mol. The quantitative estimate of drug-likeness (QED) is 0.492. The summed E-state index contributed by atoms with van der Waals surface area (Å²) in [6.45, 7) is 4.03. The lowest BCUT2D eigenvalue weighted by Crippen LogP contribution is -2.26. The van der Waals surface area contributed by atoms with Gasteiger partial charge in [-0.05, 0) is 38.3 Å². The Kier molecular flexibility index (Phi) is 4.04. The van der Waals surface area contributed by atoms with Gasteiger partial charge in [0.05, 0.1) is 16.1 Å². The fourth-order valence-corrected chi connectivity index (χ4v) is 4.04. The number of halogens is 1. The topological polar surface area (TPSA) is 87.5 Å². The lowest BCUT2D eigenvalue weighted by Gasteiger charge is -2.18. The van der Waals surface area contributed by atoms with Crippen LogP contribution in [0.1, 0.15) is 45.0 Å². The van der Waals surface area contributed by atoms with Crippen molar-refractivity contribution in [2.75, 3.05) is 7.11 Å². The standard InChI is InChI=1S/C20H20ClN5O3/c1-4-11(2)26-15-12(21)6-5-7-13(15)25-10-22-14(16(25)18(26)27)17-23-19(29-24-17)20(28-3)8-9-20/h5-7,10-11H,4,8-9H2,1-3H3. The minimum atomic E-state index is -0.502. The third kappa shape index (κ3) is 2.55. The summed E-state index contributed by atoms with van der Waals surface area (Å²) < 4.78 is 14.4. The molecule has 0 saturated heterocycles. The van der Waals surface area contributed by atoms with Gasteiger partial charge in [0.15, 0.2) is 0 Å². The van der Waals surface area contributed by atoms with Crippen LogP contribution in [0.4, 0.5) is 0 Å². The first-order chi connectivity index (χ1) is 14.0. The van der Waals surface area contributed by atoms with Gasteiger partial charge in [-0.15, -0.1) is 0 Å². The summed E-state index contributed by atoms with van der Waals surface area (Å²) in [5.41, 5.74) is 1.58. The highest BCUT2D eigenvalue weighted by atomic mass is 35.5. The van der Waals surface area contributed by atoms with E-state index in [9.17, 15) is 4.79 Å². The van der Waals surface area contributed by atoms with E-state index in [-0.39, 0.29) is 17.4 Å². The Morgan fingerprint density at radius 2 is 2.14 bits per heavy atom. The van der Waals surface area contributed by atoms with Gasteiger partial charge in [-0.1, -0.05) is 29.7 Å². The maximum Gasteiger partial charge on any atom is 0.278 e. The van der Waals surface area contributed by atoms with E-state index in [0.29, 0.717) is 27.6 Å². The van der Waals surface area contributed by atoms with Crippen LogP contribution in [0.5, 0.6) is 0 Å². The molecule has 1 unspecified atom stereocenters. The molecule has 1 atom stereocenters. The van der Waals surface area contributed by atoms with Crippen LogP contribution in [0.25, 0.3) is 28.1 Å². The van der Waals surface area contributed by atoms with Crippen LogP contribution in [0, 0.1) is 0 Å². The molecule has 0 bridgehead atoms. The highest BCUT2D eigenvalue weighted by molar-refractivity contribution is 6.35. The van der Waals surface area contributed by atoms with Crippen molar-refractivity contribution in [1.29, 1.82) is 0 Å². The molecule has 1 fully saturated rings. The van der Waals surface area contributed by atoms with Gasteiger partial charge in [0.1, 0.15) is 23.1 Å². The summed E-state index contributed by atoms with van der Waals surface area (Å²) in [5, 5.41) is 4.60. The lowest BCUT2D eigenvalue weighted by atomic mass is 10.2. The lowest BCUT2D eigenvalue weighted by molar-refractivity contribution is 0.0492. The molecule has 1 aliphatic rings. The molecule has 5 rings (SSSR count). The van der Waals surface area contributed by atoms with E-state index in [1.807, 2.05) is 26.0 Å². The minimum absolute atomic E-state index is 0.0401. The number of rotatable bonds is 5. The number of aromatic nitrogens is 5. The van der Waals surface area contributed by atoms with Crippen molar-refractivity contribution in [3.63, 3.8) is 0 Å². The minimum Gasteiger partial charge on any atom is -0.368 e. The highest BCUT2D eigenvalue weighted by Gasteiger charge is 2.50. The second kappa shape index (κ2) is 6.40. The number of nitrogens with zero attached hydrogens (tertiary/aromatic N) is 5. The molecular formula is C20H20ClN5O3. The Labute approximate surface area is 171 Å². The SMILES string of the molecule is CCC(C)n1c(=O)c2c(-c3noc(C4(OC)CC4)n3)ncn2c2cccc(Cl)c21. The molecule has 0 N–H and O–H groups in total. The van der Waals surface area contributed by atoms with Crippen LogP contribution in [-0.4, -0.2) is 31.2 Å². The summed E-state index contributed by atoms with van der Waals surface area (Å²) in [7, 11) is 1.63. The van der Waals surface area contributed by atoms with Gasteiger partial charge in [0, 0.05) is 13.2 Å². The van der Waals surface area contributed by atoms with Crippen LogP contribution in [-0.2, 0) is 10.3 Å². The predicted molar refractivity (Wildman–Crippen MR) is 108 cm³/mol. The molecule has 0 amide bonds. The molecule has 3 aromatic heterocycles. The van der Waals surface area contributed by atoms with Crippen LogP contribution in [0.3, 0.4) is 0 Å². The van der Waals surface area contributed by atoms with Crippen molar-refractivity contribution in [3.05, 3.63) is 45.8 Å². The normalized spacial score (nSPS) is 16.6. The van der Waals surface area contributed by atoms with Gasteiger partial charge >= 0.3 is 0 Å². The number of hydrogen-bond donors (Lipinski definition) is 0. The number of hydrogen-bond acceptors (Lipinski definition) is 6. The molecule has 4 aromatic rings. The van der Waals surface area contributed by atoms with E-state index in [1.54, 1.807) is 28.5 Å². The molecule has 8 nitrogen and oxygen atoms in total. The van der Waals surface area contributed by atoms with Gasteiger partial charge in [0.2, 0.25) is 5.82 Å². The van der Waals surface area contributed by atoms with Crippen molar-refractivity contribution < 1.29 is 9.26 Å².